The van der Waals surface area contributed by atoms with Crippen molar-refractivity contribution in [2.24, 2.45) is 0 Å². The molecule has 2 aliphatic rings. The molecule has 4 aromatic rings. The van der Waals surface area contributed by atoms with Crippen LogP contribution in [0.2, 0.25) is 0 Å². The first-order valence-corrected chi connectivity index (χ1v) is 9.50. The Morgan fingerprint density at radius 1 is 0.444 bits per heavy atom. The Kier molecular flexibility index (Phi) is 2.93. The Morgan fingerprint density at radius 2 is 0.889 bits per heavy atom. The number of nitrogens with two attached hydrogens (primary N) is 1. The molecule has 2 N–H and O–H groups in total. The van der Waals surface area contributed by atoms with E-state index in [2.05, 4.69) is 84.9 Å². The van der Waals surface area contributed by atoms with Crippen molar-refractivity contribution in [1.29, 1.82) is 0 Å². The number of nitrogen functional groups attached to an aromatic ring is 1. The number of anilines is 1. The molecule has 0 spiro atoms. The van der Waals surface area contributed by atoms with Crippen molar-refractivity contribution in [2.45, 2.75) is 11.8 Å². The molecule has 1 atom stereocenters. The van der Waals surface area contributed by atoms with E-state index in [0.29, 0.717) is 5.92 Å². The van der Waals surface area contributed by atoms with Gasteiger partial charge in [-0.15, -0.1) is 0 Å². The zero-order valence-corrected chi connectivity index (χ0v) is 14.9. The lowest BCUT2D eigenvalue weighted by Crippen LogP contribution is -2.11. The van der Waals surface area contributed by atoms with Gasteiger partial charge in [0.05, 0.1) is 0 Å². The molecule has 1 unspecified atom stereocenters. The summed E-state index contributed by atoms with van der Waals surface area (Å²) in [5.74, 6) is 0.548. The molecule has 1 nitrogen and oxygen atoms in total. The summed E-state index contributed by atoms with van der Waals surface area (Å²) < 4.78 is 0. The lowest BCUT2D eigenvalue weighted by atomic mass is 9.78. The molecule has 4 aromatic carbocycles. The summed E-state index contributed by atoms with van der Waals surface area (Å²) >= 11 is 0. The average Bonchev–Trinajstić information content (AvgIpc) is 3.22. The van der Waals surface area contributed by atoms with Crippen LogP contribution in [0.25, 0.3) is 22.3 Å². The van der Waals surface area contributed by atoms with E-state index in [1.54, 1.807) is 0 Å². The van der Waals surface area contributed by atoms with Crippen LogP contribution in [0.15, 0.2) is 91.0 Å². The zero-order chi connectivity index (χ0) is 18.0. The summed E-state index contributed by atoms with van der Waals surface area (Å²) in [6.07, 6.45) is 0. The third-order valence-electron chi connectivity index (χ3n) is 6.25. The van der Waals surface area contributed by atoms with Gasteiger partial charge in [0.25, 0.3) is 0 Å². The highest BCUT2D eigenvalue weighted by Gasteiger charge is 2.41. The van der Waals surface area contributed by atoms with E-state index in [1.165, 1.54) is 44.5 Å². The van der Waals surface area contributed by atoms with E-state index in [0.717, 1.165) is 5.69 Å². The normalized spacial score (nSPS) is 16.5. The number of benzene rings is 4. The van der Waals surface area contributed by atoms with Crippen molar-refractivity contribution >= 4 is 5.69 Å². The molecule has 0 radical (unpaired) electrons. The van der Waals surface area contributed by atoms with Crippen LogP contribution in [0, 0.1) is 0 Å². The second-order valence-corrected chi connectivity index (χ2v) is 7.53. The molecule has 0 heterocycles. The molecular formula is C26H19N. The van der Waals surface area contributed by atoms with Crippen molar-refractivity contribution in [3.05, 3.63) is 113 Å². The molecule has 0 aliphatic heterocycles. The highest BCUT2D eigenvalue weighted by Crippen LogP contribution is 2.59. The van der Waals surface area contributed by atoms with E-state index in [4.69, 9.17) is 5.73 Å². The summed E-state index contributed by atoms with van der Waals surface area (Å²) in [7, 11) is 0. The zero-order valence-electron chi connectivity index (χ0n) is 14.9. The molecule has 1 heteroatoms. The summed E-state index contributed by atoms with van der Waals surface area (Å²) in [6, 6.07) is 32.8. The number of fused-ring (bicyclic) bond motifs is 6. The highest BCUT2D eigenvalue weighted by molar-refractivity contribution is 5.87. The van der Waals surface area contributed by atoms with Crippen LogP contribution >= 0.6 is 0 Å². The Bertz CT molecular complexity index is 1160. The van der Waals surface area contributed by atoms with Crippen molar-refractivity contribution in [3.8, 4) is 22.3 Å². The average molecular weight is 345 g/mol. The molecular weight excluding hydrogens is 326 g/mol. The van der Waals surface area contributed by atoms with Crippen LogP contribution < -0.4 is 5.73 Å². The maximum atomic E-state index is 6.55. The molecule has 6 rings (SSSR count). The molecule has 0 saturated heterocycles. The first-order valence-electron chi connectivity index (χ1n) is 9.50. The molecule has 27 heavy (non-hydrogen) atoms. The third-order valence-corrected chi connectivity index (χ3v) is 6.25. The monoisotopic (exact) mass is 345 g/mol. The maximum Gasteiger partial charge on any atom is 0.0359 e. The van der Waals surface area contributed by atoms with E-state index >= 15 is 0 Å². The van der Waals surface area contributed by atoms with Crippen molar-refractivity contribution in [3.63, 3.8) is 0 Å². The minimum Gasteiger partial charge on any atom is -0.398 e. The standard InChI is InChI=1S/C26H19N/c27-23-15-7-14-21-18-10-3-6-13-22(18)26(25(21)23)24-19-11-4-1-8-16(19)17-9-2-5-12-20(17)24/h1-15,24,26H,27H2. The predicted molar refractivity (Wildman–Crippen MR) is 112 cm³/mol. The fraction of sp³-hybridized carbons (Fsp3) is 0.0769. The van der Waals surface area contributed by atoms with E-state index < -0.39 is 0 Å². The third kappa shape index (κ3) is 1.89. The van der Waals surface area contributed by atoms with Crippen molar-refractivity contribution in [1.82, 2.24) is 0 Å². The van der Waals surface area contributed by atoms with Gasteiger partial charge in [-0.2, -0.15) is 0 Å². The molecule has 0 aromatic heterocycles. The fourth-order valence-corrected chi connectivity index (χ4v) is 5.23. The highest BCUT2D eigenvalue weighted by atomic mass is 14.6. The quantitative estimate of drug-likeness (QED) is 0.409. The van der Waals surface area contributed by atoms with Gasteiger partial charge in [-0.25, -0.2) is 0 Å². The van der Waals surface area contributed by atoms with Gasteiger partial charge >= 0.3 is 0 Å². The van der Waals surface area contributed by atoms with Gasteiger partial charge in [0.1, 0.15) is 0 Å². The van der Waals surface area contributed by atoms with Crippen molar-refractivity contribution < 1.29 is 0 Å². The summed E-state index contributed by atoms with van der Waals surface area (Å²) in [6.45, 7) is 0. The van der Waals surface area contributed by atoms with Gasteiger partial charge in [0, 0.05) is 17.5 Å². The van der Waals surface area contributed by atoms with Gasteiger partial charge in [-0.3, -0.25) is 0 Å². The minimum atomic E-state index is 0.252. The summed E-state index contributed by atoms with van der Waals surface area (Å²) in [5, 5.41) is 0. The topological polar surface area (TPSA) is 26.0 Å². The Hall–Kier alpha value is -3.32. The molecule has 0 amide bonds. The molecule has 2 aliphatic carbocycles. The fourth-order valence-electron chi connectivity index (χ4n) is 5.23. The number of rotatable bonds is 1. The van der Waals surface area contributed by atoms with E-state index in [1.807, 2.05) is 6.07 Å². The Morgan fingerprint density at radius 3 is 1.48 bits per heavy atom. The predicted octanol–water partition coefficient (Wildman–Crippen LogP) is 6.19. The second kappa shape index (κ2) is 5.34. The van der Waals surface area contributed by atoms with Gasteiger partial charge in [-0.1, -0.05) is 84.9 Å². The van der Waals surface area contributed by atoms with E-state index in [-0.39, 0.29) is 5.92 Å². The van der Waals surface area contributed by atoms with Gasteiger partial charge in [0.15, 0.2) is 0 Å². The van der Waals surface area contributed by atoms with Crippen LogP contribution in [0.4, 0.5) is 5.69 Å². The van der Waals surface area contributed by atoms with Crippen LogP contribution in [-0.2, 0) is 0 Å². The van der Waals surface area contributed by atoms with Crippen molar-refractivity contribution in [2.75, 3.05) is 5.73 Å². The van der Waals surface area contributed by atoms with Crippen LogP contribution in [0.5, 0.6) is 0 Å². The number of hydrogen-bond donors (Lipinski definition) is 1. The SMILES string of the molecule is Nc1cccc2c1C(C1c3ccccc3-c3ccccc31)c1ccccc1-2. The first kappa shape index (κ1) is 14.8. The summed E-state index contributed by atoms with van der Waals surface area (Å²) in [4.78, 5) is 0. The van der Waals surface area contributed by atoms with Gasteiger partial charge in [0.2, 0.25) is 0 Å². The molecule has 0 saturated carbocycles. The van der Waals surface area contributed by atoms with Gasteiger partial charge < -0.3 is 5.73 Å². The largest absolute Gasteiger partial charge is 0.398 e. The van der Waals surface area contributed by atoms with Crippen LogP contribution in [-0.4, -0.2) is 0 Å². The van der Waals surface area contributed by atoms with Crippen LogP contribution in [0.1, 0.15) is 34.1 Å². The minimum absolute atomic E-state index is 0.252. The van der Waals surface area contributed by atoms with Gasteiger partial charge in [-0.05, 0) is 50.6 Å². The molecule has 0 fully saturated rings. The number of hydrogen-bond acceptors (Lipinski definition) is 1. The van der Waals surface area contributed by atoms with Crippen LogP contribution in [0.3, 0.4) is 0 Å². The maximum absolute atomic E-state index is 6.55. The Labute approximate surface area is 159 Å². The molecule has 0 bridgehead atoms. The summed E-state index contributed by atoms with van der Waals surface area (Å²) in [5.41, 5.74) is 18.3. The first-order chi connectivity index (χ1) is 13.3. The molecule has 128 valence electrons. The lowest BCUT2D eigenvalue weighted by Gasteiger charge is -2.25. The smallest absolute Gasteiger partial charge is 0.0359 e. The Balaban J connectivity index is 1.69. The second-order valence-electron chi connectivity index (χ2n) is 7.53. The van der Waals surface area contributed by atoms with E-state index in [9.17, 15) is 0 Å². The lowest BCUT2D eigenvalue weighted by molar-refractivity contribution is 0.725.